The molecule has 7 heteroatoms. The van der Waals surface area contributed by atoms with E-state index < -0.39 is 12.0 Å². The van der Waals surface area contributed by atoms with Crippen LogP contribution >= 0.6 is 28.3 Å². The second kappa shape index (κ2) is 8.29. The van der Waals surface area contributed by atoms with E-state index >= 15 is 0 Å². The Labute approximate surface area is 148 Å². The predicted octanol–water partition coefficient (Wildman–Crippen LogP) is 2.58. The molecular formula is C16H18BrClN2O3. The van der Waals surface area contributed by atoms with Crippen molar-refractivity contribution in [3.63, 3.8) is 0 Å². The fraction of sp³-hybridized carbons (Fsp3) is 0.250. The van der Waals surface area contributed by atoms with Crippen LogP contribution < -0.4 is 11.3 Å². The Bertz CT molecular complexity index is 744. The lowest BCUT2D eigenvalue weighted by Crippen LogP contribution is -2.33. The molecule has 0 saturated heterocycles. The maximum atomic E-state index is 12.0. The summed E-state index contributed by atoms with van der Waals surface area (Å²) in [5, 5.41) is 0. The summed E-state index contributed by atoms with van der Waals surface area (Å²) >= 11 is 3.41. The fourth-order valence-electron chi connectivity index (χ4n) is 2.24. The molecule has 124 valence electrons. The highest BCUT2D eigenvalue weighted by Crippen LogP contribution is 2.25. The number of aromatic nitrogens is 1. The summed E-state index contributed by atoms with van der Waals surface area (Å²) in [6.07, 6.45) is 2.02. The highest BCUT2D eigenvalue weighted by Gasteiger charge is 2.15. The molecule has 1 atom stereocenters. The van der Waals surface area contributed by atoms with Crippen LogP contribution in [0.25, 0.3) is 11.1 Å². The number of benzene rings is 1. The zero-order chi connectivity index (χ0) is 16.3. The fourth-order valence-corrected chi connectivity index (χ4v) is 2.56. The highest BCUT2D eigenvalue weighted by molar-refractivity contribution is 9.10. The zero-order valence-corrected chi connectivity index (χ0v) is 15.2. The molecule has 23 heavy (non-hydrogen) atoms. The van der Waals surface area contributed by atoms with Gasteiger partial charge in [-0.3, -0.25) is 9.59 Å². The number of esters is 1. The Morgan fingerprint density at radius 1 is 1.35 bits per heavy atom. The van der Waals surface area contributed by atoms with Gasteiger partial charge in [0.1, 0.15) is 6.04 Å². The number of methoxy groups -OCH3 is 1. The monoisotopic (exact) mass is 400 g/mol. The summed E-state index contributed by atoms with van der Waals surface area (Å²) in [4.78, 5) is 26.1. The number of aromatic amines is 1. The molecular weight excluding hydrogens is 384 g/mol. The molecule has 0 unspecified atom stereocenters. The van der Waals surface area contributed by atoms with E-state index in [1.807, 2.05) is 31.2 Å². The number of hydrogen-bond acceptors (Lipinski definition) is 4. The van der Waals surface area contributed by atoms with E-state index in [1.54, 1.807) is 6.20 Å². The van der Waals surface area contributed by atoms with Gasteiger partial charge in [0.2, 0.25) is 0 Å². The number of hydrogen-bond donors (Lipinski definition) is 2. The van der Waals surface area contributed by atoms with Gasteiger partial charge in [0.15, 0.2) is 0 Å². The number of carbonyl (C=O) groups excluding carboxylic acids is 1. The van der Waals surface area contributed by atoms with Crippen LogP contribution in [0.3, 0.4) is 0 Å². The van der Waals surface area contributed by atoms with E-state index in [0.29, 0.717) is 12.0 Å². The summed E-state index contributed by atoms with van der Waals surface area (Å²) in [6.45, 7) is 1.88. The summed E-state index contributed by atoms with van der Waals surface area (Å²) in [5.74, 6) is -0.441. The minimum absolute atomic E-state index is 0. The summed E-state index contributed by atoms with van der Waals surface area (Å²) < 4.78 is 5.45. The first-order chi connectivity index (χ1) is 10.4. The zero-order valence-electron chi connectivity index (χ0n) is 12.8. The third-order valence-corrected chi connectivity index (χ3v) is 4.32. The van der Waals surface area contributed by atoms with Crippen molar-refractivity contribution in [3.05, 3.63) is 56.4 Å². The molecule has 1 aromatic heterocycles. The van der Waals surface area contributed by atoms with E-state index in [9.17, 15) is 9.59 Å². The molecule has 0 aliphatic heterocycles. The average molecular weight is 402 g/mol. The van der Waals surface area contributed by atoms with Crippen molar-refractivity contribution in [2.24, 2.45) is 5.73 Å². The normalized spacial score (nSPS) is 11.5. The molecule has 1 aromatic carbocycles. The minimum Gasteiger partial charge on any atom is -0.468 e. The number of carbonyl (C=O) groups is 1. The first-order valence-corrected chi connectivity index (χ1v) is 7.54. The van der Waals surface area contributed by atoms with E-state index in [4.69, 9.17) is 5.73 Å². The molecule has 2 aromatic rings. The van der Waals surface area contributed by atoms with Gasteiger partial charge in [-0.2, -0.15) is 0 Å². The van der Waals surface area contributed by atoms with Gasteiger partial charge in [0.05, 0.1) is 12.7 Å². The lowest BCUT2D eigenvalue weighted by molar-refractivity contribution is -0.142. The van der Waals surface area contributed by atoms with Crippen LogP contribution in [0.2, 0.25) is 0 Å². The van der Waals surface area contributed by atoms with Crippen LogP contribution in [0.5, 0.6) is 0 Å². The summed E-state index contributed by atoms with van der Waals surface area (Å²) in [5.41, 5.74) is 8.83. The molecule has 0 bridgehead atoms. The lowest BCUT2D eigenvalue weighted by Gasteiger charge is -2.10. The standard InChI is InChI=1S/C16H17BrN2O3.ClH/c1-9-12(17)8-19-15(20)14(9)11-5-3-10(4-6-11)7-13(18)16(21)22-2;/h3-6,8,13H,7,18H2,1-2H3,(H,19,20);1H/t13-;/m0./s1. The van der Waals surface area contributed by atoms with Gasteiger partial charge in [-0.05, 0) is 46.0 Å². The second-order valence-corrected chi connectivity index (χ2v) is 5.85. The van der Waals surface area contributed by atoms with Crippen molar-refractivity contribution in [1.29, 1.82) is 0 Å². The van der Waals surface area contributed by atoms with Crippen molar-refractivity contribution >= 4 is 34.3 Å². The number of ether oxygens (including phenoxy) is 1. The molecule has 0 aliphatic rings. The molecule has 0 fully saturated rings. The number of rotatable bonds is 4. The topological polar surface area (TPSA) is 85.2 Å². The molecule has 5 nitrogen and oxygen atoms in total. The molecule has 0 aliphatic carbocycles. The largest absolute Gasteiger partial charge is 0.468 e. The van der Waals surface area contributed by atoms with Crippen molar-refractivity contribution < 1.29 is 9.53 Å². The smallest absolute Gasteiger partial charge is 0.322 e. The Hall–Kier alpha value is -1.63. The van der Waals surface area contributed by atoms with E-state index in [1.165, 1.54) is 7.11 Å². The van der Waals surface area contributed by atoms with Crippen LogP contribution in [0.4, 0.5) is 0 Å². The predicted molar refractivity (Wildman–Crippen MR) is 95.9 cm³/mol. The molecule has 1 heterocycles. The Balaban J connectivity index is 0.00000264. The van der Waals surface area contributed by atoms with Crippen LogP contribution in [0, 0.1) is 6.92 Å². The van der Waals surface area contributed by atoms with Gasteiger partial charge >= 0.3 is 5.97 Å². The third-order valence-electron chi connectivity index (χ3n) is 3.49. The Morgan fingerprint density at radius 2 is 1.96 bits per heavy atom. The number of nitrogens with two attached hydrogens (primary N) is 1. The molecule has 0 radical (unpaired) electrons. The molecule has 0 saturated carbocycles. The van der Waals surface area contributed by atoms with Crippen LogP contribution in [-0.2, 0) is 16.0 Å². The van der Waals surface area contributed by atoms with Gasteiger partial charge in [-0.25, -0.2) is 0 Å². The molecule has 0 amide bonds. The first-order valence-electron chi connectivity index (χ1n) is 6.74. The highest BCUT2D eigenvalue weighted by atomic mass is 79.9. The van der Waals surface area contributed by atoms with Gasteiger partial charge in [-0.15, -0.1) is 12.4 Å². The van der Waals surface area contributed by atoms with Crippen molar-refractivity contribution in [2.75, 3.05) is 7.11 Å². The van der Waals surface area contributed by atoms with Crippen LogP contribution in [-0.4, -0.2) is 24.1 Å². The van der Waals surface area contributed by atoms with Gasteiger partial charge in [0.25, 0.3) is 5.56 Å². The maximum Gasteiger partial charge on any atom is 0.322 e. The van der Waals surface area contributed by atoms with Crippen LogP contribution in [0.1, 0.15) is 11.1 Å². The first kappa shape index (κ1) is 19.4. The molecule has 3 N–H and O–H groups in total. The van der Waals surface area contributed by atoms with Gasteiger partial charge < -0.3 is 15.5 Å². The van der Waals surface area contributed by atoms with Crippen molar-refractivity contribution in [2.45, 2.75) is 19.4 Å². The van der Waals surface area contributed by atoms with E-state index in [-0.39, 0.29) is 18.0 Å². The van der Waals surface area contributed by atoms with Crippen molar-refractivity contribution in [1.82, 2.24) is 4.98 Å². The average Bonchev–Trinajstić information content (AvgIpc) is 2.52. The number of halogens is 2. The number of nitrogens with one attached hydrogen (secondary N) is 1. The molecule has 0 spiro atoms. The second-order valence-electron chi connectivity index (χ2n) is 5.00. The third kappa shape index (κ3) is 4.43. The van der Waals surface area contributed by atoms with Crippen molar-refractivity contribution in [3.8, 4) is 11.1 Å². The van der Waals surface area contributed by atoms with Gasteiger partial charge in [-0.1, -0.05) is 24.3 Å². The van der Waals surface area contributed by atoms with E-state index in [2.05, 4.69) is 25.7 Å². The number of pyridine rings is 1. The number of H-pyrrole nitrogens is 1. The van der Waals surface area contributed by atoms with E-state index in [0.717, 1.165) is 21.2 Å². The molecule has 2 rings (SSSR count). The maximum absolute atomic E-state index is 12.0. The van der Waals surface area contributed by atoms with Crippen LogP contribution in [0.15, 0.2) is 39.7 Å². The minimum atomic E-state index is -0.688. The SMILES string of the molecule is COC(=O)[C@@H](N)Cc1ccc(-c2c(C)c(Br)c[nH]c2=O)cc1.Cl. The Morgan fingerprint density at radius 3 is 2.52 bits per heavy atom. The summed E-state index contributed by atoms with van der Waals surface area (Å²) in [6, 6.07) is 6.73. The Kier molecular flexibility index (Phi) is 7.00. The lowest BCUT2D eigenvalue weighted by atomic mass is 9.99. The summed E-state index contributed by atoms with van der Waals surface area (Å²) in [7, 11) is 1.31. The van der Waals surface area contributed by atoms with Gasteiger partial charge in [0, 0.05) is 10.7 Å². The quantitative estimate of drug-likeness (QED) is 0.771.